The van der Waals surface area contributed by atoms with Crippen molar-refractivity contribution >= 4 is 34.6 Å². The highest BCUT2D eigenvalue weighted by molar-refractivity contribution is 6.33. The lowest BCUT2D eigenvalue weighted by Gasteiger charge is -2.13. The Hall–Kier alpha value is -3.12. The predicted molar refractivity (Wildman–Crippen MR) is 129 cm³/mol. The molecule has 4 N–H and O–H groups in total. The van der Waals surface area contributed by atoms with E-state index in [-0.39, 0.29) is 5.91 Å². The Bertz CT molecular complexity index is 1170. The Kier molecular flexibility index (Phi) is 6.61. The van der Waals surface area contributed by atoms with Crippen LogP contribution in [0.15, 0.2) is 77.9 Å². The van der Waals surface area contributed by atoms with Crippen LogP contribution in [0.4, 0.5) is 17.1 Å². The highest BCUT2D eigenvalue weighted by Crippen LogP contribution is 2.33. The van der Waals surface area contributed by atoms with Gasteiger partial charge in [-0.3, -0.25) is 4.79 Å². The molecule has 3 aromatic carbocycles. The molecule has 0 unspecified atom stereocenters. The minimum atomic E-state index is -1.58. The predicted octanol–water partition coefficient (Wildman–Crippen LogP) is 5.79. The molecule has 32 heavy (non-hydrogen) atoms. The summed E-state index contributed by atoms with van der Waals surface area (Å²) in [5.41, 5.74) is 6.52. The molecule has 4 rings (SSSR count). The van der Waals surface area contributed by atoms with Crippen LogP contribution in [0.2, 0.25) is 5.02 Å². The van der Waals surface area contributed by atoms with E-state index in [2.05, 4.69) is 29.7 Å². The summed E-state index contributed by atoms with van der Waals surface area (Å²) in [7, 11) is 0. The van der Waals surface area contributed by atoms with E-state index in [1.54, 1.807) is 12.1 Å². The van der Waals surface area contributed by atoms with Crippen molar-refractivity contribution in [2.24, 2.45) is 0 Å². The van der Waals surface area contributed by atoms with Gasteiger partial charge in [-0.25, -0.2) is 0 Å². The molecule has 0 saturated heterocycles. The monoisotopic (exact) mass is 448 g/mol. The SMILES string of the molecule is Cc1ccccc1-c1ccc(Nc2ccc(NC(=O)C3=C(C(O)O)CCC3)cc2)c(Cl)c1. The van der Waals surface area contributed by atoms with Crippen LogP contribution in [0, 0.1) is 6.92 Å². The van der Waals surface area contributed by atoms with Crippen molar-refractivity contribution in [3.63, 3.8) is 0 Å². The number of aryl methyl sites for hydroxylation is 1. The molecule has 0 fully saturated rings. The summed E-state index contributed by atoms with van der Waals surface area (Å²) in [6.07, 6.45) is 0.260. The molecule has 0 saturated carbocycles. The van der Waals surface area contributed by atoms with E-state index in [1.165, 1.54) is 5.56 Å². The Morgan fingerprint density at radius 3 is 2.38 bits per heavy atom. The number of benzene rings is 3. The number of aliphatic hydroxyl groups excluding tert-OH is 1. The molecule has 0 aliphatic heterocycles. The molecule has 1 amide bonds. The largest absolute Gasteiger partial charge is 0.365 e. The highest BCUT2D eigenvalue weighted by Gasteiger charge is 2.24. The third-order valence-corrected chi connectivity index (χ3v) is 6.01. The number of carbonyl (C=O) groups is 1. The Labute approximate surface area is 192 Å². The van der Waals surface area contributed by atoms with Crippen LogP contribution in [0.5, 0.6) is 0 Å². The molecule has 3 aromatic rings. The van der Waals surface area contributed by atoms with Gasteiger partial charge in [-0.1, -0.05) is 41.9 Å². The number of anilines is 3. The van der Waals surface area contributed by atoms with Crippen molar-refractivity contribution in [3.05, 3.63) is 88.5 Å². The second kappa shape index (κ2) is 9.57. The molecular weight excluding hydrogens is 424 g/mol. The standard InChI is InChI=1S/C26H25ClN2O3/c1-16-5-2-3-6-20(16)17-9-14-24(23(27)15-17)28-18-10-12-19(13-11-18)29-25(30)21-7-4-8-22(21)26(31)32/h2-3,5-6,9-15,26,28,31-32H,4,7-8H2,1H3,(H,29,30). The first-order valence-corrected chi connectivity index (χ1v) is 10.9. The maximum Gasteiger partial charge on any atom is 0.251 e. The topological polar surface area (TPSA) is 81.6 Å². The summed E-state index contributed by atoms with van der Waals surface area (Å²) in [6, 6.07) is 21.4. The van der Waals surface area contributed by atoms with Crippen LogP contribution < -0.4 is 10.6 Å². The summed E-state index contributed by atoms with van der Waals surface area (Å²) >= 11 is 6.53. The van der Waals surface area contributed by atoms with Gasteiger partial charge in [0.05, 0.1) is 10.7 Å². The number of carbonyl (C=O) groups excluding carboxylic acids is 1. The van der Waals surface area contributed by atoms with Crippen molar-refractivity contribution in [1.29, 1.82) is 0 Å². The van der Waals surface area contributed by atoms with Gasteiger partial charge in [0, 0.05) is 16.9 Å². The van der Waals surface area contributed by atoms with E-state index < -0.39 is 6.29 Å². The van der Waals surface area contributed by atoms with Crippen LogP contribution in [0.25, 0.3) is 11.1 Å². The minimum Gasteiger partial charge on any atom is -0.365 e. The van der Waals surface area contributed by atoms with Gasteiger partial charge in [0.2, 0.25) is 0 Å². The number of amides is 1. The number of hydrogen-bond donors (Lipinski definition) is 4. The van der Waals surface area contributed by atoms with Gasteiger partial charge in [0.25, 0.3) is 5.91 Å². The molecule has 1 aliphatic rings. The first-order chi connectivity index (χ1) is 15.4. The number of aliphatic hydroxyl groups is 2. The lowest BCUT2D eigenvalue weighted by Crippen LogP contribution is -2.18. The Balaban J connectivity index is 1.44. The Morgan fingerprint density at radius 1 is 0.969 bits per heavy atom. The number of rotatable bonds is 6. The van der Waals surface area contributed by atoms with Crippen molar-refractivity contribution in [2.75, 3.05) is 10.6 Å². The van der Waals surface area contributed by atoms with Gasteiger partial charge in [0.15, 0.2) is 6.29 Å². The number of hydrogen-bond acceptors (Lipinski definition) is 4. The zero-order valence-electron chi connectivity index (χ0n) is 17.7. The molecule has 0 radical (unpaired) electrons. The third kappa shape index (κ3) is 4.86. The van der Waals surface area contributed by atoms with Crippen molar-refractivity contribution in [1.82, 2.24) is 0 Å². The molecule has 0 bridgehead atoms. The summed E-state index contributed by atoms with van der Waals surface area (Å²) in [4.78, 5) is 12.5. The zero-order chi connectivity index (χ0) is 22.7. The molecule has 5 nitrogen and oxygen atoms in total. The van der Waals surface area contributed by atoms with E-state index in [0.717, 1.165) is 28.9 Å². The third-order valence-electron chi connectivity index (χ3n) is 5.69. The van der Waals surface area contributed by atoms with Gasteiger partial charge >= 0.3 is 0 Å². The molecular formula is C26H25ClN2O3. The van der Waals surface area contributed by atoms with E-state index in [4.69, 9.17) is 11.6 Å². The smallest absolute Gasteiger partial charge is 0.251 e. The lowest BCUT2D eigenvalue weighted by molar-refractivity contribution is -0.113. The summed E-state index contributed by atoms with van der Waals surface area (Å²) < 4.78 is 0. The van der Waals surface area contributed by atoms with E-state index >= 15 is 0 Å². The normalized spacial score (nSPS) is 13.5. The Morgan fingerprint density at radius 2 is 1.69 bits per heavy atom. The van der Waals surface area contributed by atoms with Gasteiger partial charge in [-0.15, -0.1) is 0 Å². The quantitative estimate of drug-likeness (QED) is 0.360. The van der Waals surface area contributed by atoms with Crippen molar-refractivity contribution < 1.29 is 15.0 Å². The van der Waals surface area contributed by atoms with E-state index in [1.807, 2.05) is 42.5 Å². The van der Waals surface area contributed by atoms with Crippen LogP contribution in [0.3, 0.4) is 0 Å². The van der Waals surface area contributed by atoms with E-state index in [0.29, 0.717) is 34.7 Å². The average Bonchev–Trinajstić information content (AvgIpc) is 3.27. The molecule has 0 aromatic heterocycles. The first-order valence-electron chi connectivity index (χ1n) is 10.5. The zero-order valence-corrected chi connectivity index (χ0v) is 18.5. The number of halogens is 1. The fourth-order valence-corrected chi connectivity index (χ4v) is 4.22. The van der Waals surface area contributed by atoms with Crippen LogP contribution in [-0.2, 0) is 4.79 Å². The second-order valence-electron chi connectivity index (χ2n) is 7.90. The van der Waals surface area contributed by atoms with Gasteiger partial charge < -0.3 is 20.8 Å². The molecule has 164 valence electrons. The lowest BCUT2D eigenvalue weighted by atomic mass is 10.0. The van der Waals surface area contributed by atoms with Crippen LogP contribution in [0.1, 0.15) is 24.8 Å². The van der Waals surface area contributed by atoms with Crippen molar-refractivity contribution in [2.45, 2.75) is 32.5 Å². The van der Waals surface area contributed by atoms with E-state index in [9.17, 15) is 15.0 Å². The summed E-state index contributed by atoms with van der Waals surface area (Å²) in [5.74, 6) is -0.291. The fourth-order valence-electron chi connectivity index (χ4n) is 3.99. The minimum absolute atomic E-state index is 0.291. The molecule has 0 spiro atoms. The van der Waals surface area contributed by atoms with Crippen LogP contribution >= 0.6 is 11.6 Å². The molecule has 6 heteroatoms. The average molecular weight is 449 g/mol. The van der Waals surface area contributed by atoms with Gasteiger partial charge in [-0.2, -0.15) is 0 Å². The maximum atomic E-state index is 12.5. The second-order valence-corrected chi connectivity index (χ2v) is 8.30. The summed E-state index contributed by atoms with van der Waals surface area (Å²) in [6.45, 7) is 2.08. The highest BCUT2D eigenvalue weighted by atomic mass is 35.5. The molecule has 1 aliphatic carbocycles. The van der Waals surface area contributed by atoms with Crippen molar-refractivity contribution in [3.8, 4) is 11.1 Å². The summed E-state index contributed by atoms with van der Waals surface area (Å²) in [5, 5.41) is 25.6. The molecule has 0 heterocycles. The van der Waals surface area contributed by atoms with Gasteiger partial charge in [0.1, 0.15) is 0 Å². The van der Waals surface area contributed by atoms with Gasteiger partial charge in [-0.05, 0) is 84.8 Å². The number of nitrogens with one attached hydrogen (secondary N) is 2. The molecule has 0 atom stereocenters. The fraction of sp³-hybridized carbons (Fsp3) is 0.192. The van der Waals surface area contributed by atoms with Crippen LogP contribution in [-0.4, -0.2) is 22.4 Å². The first kappa shape index (κ1) is 22.1. The maximum absolute atomic E-state index is 12.5.